The third kappa shape index (κ3) is 2.13. The third-order valence-corrected chi connectivity index (χ3v) is 3.63. The molecule has 1 heterocycles. The Kier molecular flexibility index (Phi) is 2.54. The first-order valence-electron chi connectivity index (χ1n) is 4.51. The highest BCUT2D eigenvalue weighted by atomic mass is 79.9. The topological polar surface area (TPSA) is 13.1 Å². The minimum atomic E-state index is 0.729. The smallest absolute Gasteiger partial charge is 0.0934 e. The Hall–Kier alpha value is -0.240. The summed E-state index contributed by atoms with van der Waals surface area (Å²) in [5.74, 6) is 0.955. The molecule has 1 nitrogen and oxygen atoms in total. The molecule has 0 aromatic carbocycles. The molecule has 2 rings (SSSR count). The summed E-state index contributed by atoms with van der Waals surface area (Å²) in [7, 11) is 0. The highest BCUT2D eigenvalue weighted by molar-refractivity contribution is 9.09. The Bertz CT molecular complexity index is 226. The number of alkyl halides is 1. The van der Waals surface area contributed by atoms with Gasteiger partial charge in [0.2, 0.25) is 0 Å². The lowest BCUT2D eigenvalue weighted by atomic mass is 10.1. The number of aryl methyl sites for hydroxylation is 1. The van der Waals surface area contributed by atoms with Crippen LogP contribution >= 0.6 is 15.9 Å². The van der Waals surface area contributed by atoms with Gasteiger partial charge in [0.25, 0.3) is 0 Å². The average molecular weight is 229 g/mol. The minimum Gasteiger partial charge on any atom is -0.472 e. The van der Waals surface area contributed by atoms with Gasteiger partial charge >= 0.3 is 0 Å². The lowest BCUT2D eigenvalue weighted by Crippen LogP contribution is -2.01. The van der Waals surface area contributed by atoms with Crippen LogP contribution in [0.5, 0.6) is 0 Å². The fourth-order valence-corrected chi connectivity index (χ4v) is 2.19. The Morgan fingerprint density at radius 2 is 2.42 bits per heavy atom. The zero-order valence-corrected chi connectivity index (χ0v) is 8.59. The number of rotatable bonds is 4. The molecule has 1 atom stereocenters. The van der Waals surface area contributed by atoms with Crippen molar-refractivity contribution in [3.8, 4) is 0 Å². The van der Waals surface area contributed by atoms with E-state index < -0.39 is 0 Å². The monoisotopic (exact) mass is 228 g/mol. The van der Waals surface area contributed by atoms with Crippen molar-refractivity contribution in [2.75, 3.05) is 0 Å². The molecule has 0 N–H and O–H groups in total. The molecule has 1 saturated carbocycles. The predicted molar refractivity (Wildman–Crippen MR) is 52.5 cm³/mol. The molecular formula is C10H13BrO. The van der Waals surface area contributed by atoms with Gasteiger partial charge in [-0.05, 0) is 43.2 Å². The fourth-order valence-electron chi connectivity index (χ4n) is 1.43. The van der Waals surface area contributed by atoms with Gasteiger partial charge in [0.1, 0.15) is 0 Å². The molecule has 0 saturated heterocycles. The van der Waals surface area contributed by atoms with E-state index in [-0.39, 0.29) is 0 Å². The Morgan fingerprint density at radius 1 is 1.58 bits per heavy atom. The van der Waals surface area contributed by atoms with Crippen molar-refractivity contribution >= 4 is 15.9 Å². The molecular weight excluding hydrogens is 216 g/mol. The summed E-state index contributed by atoms with van der Waals surface area (Å²) in [6.45, 7) is 0. The Morgan fingerprint density at radius 3 is 3.00 bits per heavy atom. The second-order valence-corrected chi connectivity index (χ2v) is 4.70. The highest BCUT2D eigenvalue weighted by Crippen LogP contribution is 2.38. The van der Waals surface area contributed by atoms with Gasteiger partial charge in [0.15, 0.2) is 0 Å². The summed E-state index contributed by atoms with van der Waals surface area (Å²) < 4.78 is 5.01. The van der Waals surface area contributed by atoms with E-state index in [0.29, 0.717) is 0 Å². The molecule has 1 fully saturated rings. The van der Waals surface area contributed by atoms with Crippen LogP contribution in [0.3, 0.4) is 0 Å². The van der Waals surface area contributed by atoms with Gasteiger partial charge in [0.05, 0.1) is 12.5 Å². The molecule has 1 aliphatic carbocycles. The van der Waals surface area contributed by atoms with Gasteiger partial charge in [-0.2, -0.15) is 0 Å². The zero-order chi connectivity index (χ0) is 8.39. The maximum Gasteiger partial charge on any atom is 0.0934 e. The SMILES string of the molecule is BrC(CCc1ccoc1)C1CC1. The third-order valence-electron chi connectivity index (χ3n) is 2.42. The van der Waals surface area contributed by atoms with Gasteiger partial charge in [-0.25, -0.2) is 0 Å². The van der Waals surface area contributed by atoms with E-state index in [0.717, 1.165) is 17.2 Å². The van der Waals surface area contributed by atoms with E-state index in [4.69, 9.17) is 4.42 Å². The summed E-state index contributed by atoms with van der Waals surface area (Å²) in [5.41, 5.74) is 1.32. The molecule has 1 aromatic heterocycles. The van der Waals surface area contributed by atoms with Crippen molar-refractivity contribution in [2.45, 2.75) is 30.5 Å². The number of hydrogen-bond acceptors (Lipinski definition) is 1. The van der Waals surface area contributed by atoms with Crippen LogP contribution in [0.25, 0.3) is 0 Å². The lowest BCUT2D eigenvalue weighted by molar-refractivity contribution is 0.562. The number of hydrogen-bond donors (Lipinski definition) is 0. The van der Waals surface area contributed by atoms with Crippen LogP contribution in [0.1, 0.15) is 24.8 Å². The van der Waals surface area contributed by atoms with Crippen molar-refractivity contribution < 1.29 is 4.42 Å². The molecule has 1 aliphatic rings. The van der Waals surface area contributed by atoms with Crippen molar-refractivity contribution in [1.29, 1.82) is 0 Å². The van der Waals surface area contributed by atoms with E-state index >= 15 is 0 Å². The van der Waals surface area contributed by atoms with E-state index in [2.05, 4.69) is 15.9 Å². The van der Waals surface area contributed by atoms with Crippen LogP contribution in [0, 0.1) is 5.92 Å². The fraction of sp³-hybridized carbons (Fsp3) is 0.600. The minimum absolute atomic E-state index is 0.729. The maximum atomic E-state index is 5.01. The summed E-state index contributed by atoms with van der Waals surface area (Å²) in [6.07, 6.45) is 8.80. The van der Waals surface area contributed by atoms with Gasteiger partial charge in [-0.1, -0.05) is 15.9 Å². The standard InChI is InChI=1S/C10H13BrO/c11-10(9-2-3-9)4-1-8-5-6-12-7-8/h5-7,9-10H,1-4H2. The van der Waals surface area contributed by atoms with Crippen LogP contribution in [0.4, 0.5) is 0 Å². The number of furan rings is 1. The predicted octanol–water partition coefficient (Wildman–Crippen LogP) is 3.39. The quantitative estimate of drug-likeness (QED) is 0.721. The maximum absolute atomic E-state index is 5.01. The molecule has 0 spiro atoms. The molecule has 0 aliphatic heterocycles. The van der Waals surface area contributed by atoms with E-state index in [9.17, 15) is 0 Å². The van der Waals surface area contributed by atoms with Crippen molar-refractivity contribution in [2.24, 2.45) is 5.92 Å². The highest BCUT2D eigenvalue weighted by Gasteiger charge is 2.28. The first kappa shape index (κ1) is 8.36. The van der Waals surface area contributed by atoms with Crippen LogP contribution in [0.2, 0.25) is 0 Å². The summed E-state index contributed by atoms with van der Waals surface area (Å²) >= 11 is 3.72. The molecule has 1 unspecified atom stereocenters. The first-order valence-corrected chi connectivity index (χ1v) is 5.43. The summed E-state index contributed by atoms with van der Waals surface area (Å²) in [5, 5.41) is 0. The van der Waals surface area contributed by atoms with Crippen LogP contribution in [-0.4, -0.2) is 4.83 Å². The van der Waals surface area contributed by atoms with E-state index in [1.165, 1.54) is 24.8 Å². The molecule has 0 bridgehead atoms. The zero-order valence-electron chi connectivity index (χ0n) is 7.00. The van der Waals surface area contributed by atoms with Crippen molar-refractivity contribution in [3.63, 3.8) is 0 Å². The molecule has 1 aromatic rings. The van der Waals surface area contributed by atoms with Crippen LogP contribution in [-0.2, 0) is 6.42 Å². The Balaban J connectivity index is 1.74. The van der Waals surface area contributed by atoms with Gasteiger partial charge in [-0.3, -0.25) is 0 Å². The molecule has 2 heteroatoms. The van der Waals surface area contributed by atoms with Crippen molar-refractivity contribution in [3.05, 3.63) is 24.2 Å². The molecule has 0 radical (unpaired) electrons. The average Bonchev–Trinajstić information content (AvgIpc) is 2.80. The van der Waals surface area contributed by atoms with Crippen LogP contribution < -0.4 is 0 Å². The largest absolute Gasteiger partial charge is 0.472 e. The molecule has 66 valence electrons. The molecule has 0 amide bonds. The second-order valence-electron chi connectivity index (χ2n) is 3.52. The lowest BCUT2D eigenvalue weighted by Gasteiger charge is -2.05. The Labute approximate surface area is 81.3 Å². The van der Waals surface area contributed by atoms with Gasteiger partial charge in [0, 0.05) is 4.83 Å². The van der Waals surface area contributed by atoms with E-state index in [1.54, 1.807) is 6.26 Å². The summed E-state index contributed by atoms with van der Waals surface area (Å²) in [6, 6.07) is 2.05. The van der Waals surface area contributed by atoms with E-state index in [1.807, 2.05) is 12.3 Å². The normalized spacial score (nSPS) is 19.4. The summed E-state index contributed by atoms with van der Waals surface area (Å²) in [4.78, 5) is 0.729. The second kappa shape index (κ2) is 3.65. The van der Waals surface area contributed by atoms with Crippen LogP contribution in [0.15, 0.2) is 23.0 Å². The molecule has 12 heavy (non-hydrogen) atoms. The first-order chi connectivity index (χ1) is 5.86. The number of halogens is 1. The van der Waals surface area contributed by atoms with Gasteiger partial charge < -0.3 is 4.42 Å². The van der Waals surface area contributed by atoms with Gasteiger partial charge in [-0.15, -0.1) is 0 Å². The van der Waals surface area contributed by atoms with Crippen molar-refractivity contribution in [1.82, 2.24) is 0 Å².